The highest BCUT2D eigenvalue weighted by molar-refractivity contribution is 5.89. The van der Waals surface area contributed by atoms with Crippen LogP contribution in [-0.4, -0.2) is 133 Å². The molecule has 0 saturated heterocycles. The van der Waals surface area contributed by atoms with Gasteiger partial charge in [0.05, 0.1) is 13.2 Å². The molecule has 564 valence electrons. The zero-order valence-corrected chi connectivity index (χ0v) is 59.7. The van der Waals surface area contributed by atoms with Gasteiger partial charge >= 0.3 is 35.8 Å². The minimum Gasteiger partial charge on any atom is -0.482 e. The second kappa shape index (κ2) is 52.1. The van der Waals surface area contributed by atoms with Gasteiger partial charge in [-0.15, -0.1) is 0 Å². The highest BCUT2D eigenvalue weighted by Crippen LogP contribution is 2.32. The molecule has 8 aromatic carbocycles. The maximum absolute atomic E-state index is 11.8. The third-order valence-electron chi connectivity index (χ3n) is 13.7. The molecule has 0 aliphatic heterocycles. The zero-order chi connectivity index (χ0) is 78.3. The number of aldehydes is 6. The van der Waals surface area contributed by atoms with Crippen molar-refractivity contribution in [3.63, 3.8) is 0 Å². The molecule has 0 radical (unpaired) electrons. The molecular formula is C85H80O24. The van der Waals surface area contributed by atoms with E-state index in [-0.39, 0.29) is 71.0 Å². The van der Waals surface area contributed by atoms with Crippen LogP contribution >= 0.6 is 0 Å². The van der Waals surface area contributed by atoms with E-state index in [2.05, 4.69) is 0 Å². The molecule has 0 aliphatic rings. The summed E-state index contributed by atoms with van der Waals surface area (Å²) in [5, 5.41) is 0. The first kappa shape index (κ1) is 85.7. The van der Waals surface area contributed by atoms with Crippen LogP contribution in [0.25, 0.3) is 30.4 Å². The van der Waals surface area contributed by atoms with E-state index >= 15 is 0 Å². The highest BCUT2D eigenvalue weighted by atomic mass is 16.6. The maximum Gasteiger partial charge on any atom is 0.331 e. The summed E-state index contributed by atoms with van der Waals surface area (Å²) in [6.07, 6.45) is 20.9. The molecule has 0 aromatic heterocycles. The van der Waals surface area contributed by atoms with Crippen LogP contribution in [-0.2, 0) is 95.9 Å². The van der Waals surface area contributed by atoms with Gasteiger partial charge in [0.2, 0.25) is 0 Å². The first-order valence-electron chi connectivity index (χ1n) is 33.7. The zero-order valence-electron chi connectivity index (χ0n) is 59.7. The quantitative estimate of drug-likeness (QED) is 0.00860. The summed E-state index contributed by atoms with van der Waals surface area (Å²) >= 11 is 0. The molecule has 24 nitrogen and oxygen atoms in total. The molecule has 0 bridgehead atoms. The van der Waals surface area contributed by atoms with Gasteiger partial charge in [-0.3, -0.25) is 38.4 Å². The minimum atomic E-state index is -0.551. The van der Waals surface area contributed by atoms with Crippen molar-refractivity contribution in [2.24, 2.45) is 0 Å². The highest BCUT2D eigenvalue weighted by Gasteiger charge is 2.13. The van der Waals surface area contributed by atoms with Gasteiger partial charge in [-0.05, 0) is 136 Å². The lowest BCUT2D eigenvalue weighted by Crippen LogP contribution is -2.07. The number of carbonyl (C=O) groups is 12. The van der Waals surface area contributed by atoms with Crippen molar-refractivity contribution < 1.29 is 114 Å². The van der Waals surface area contributed by atoms with Gasteiger partial charge in [0.15, 0.2) is 83.7 Å². The third kappa shape index (κ3) is 36.9. The maximum atomic E-state index is 11.8. The van der Waals surface area contributed by atoms with Gasteiger partial charge in [0.25, 0.3) is 0 Å². The number of rotatable bonds is 40. The Labute approximate surface area is 629 Å². The van der Waals surface area contributed by atoms with Crippen LogP contribution in [0.1, 0.15) is 64.8 Å². The van der Waals surface area contributed by atoms with E-state index in [0.717, 1.165) is 29.5 Å². The van der Waals surface area contributed by atoms with Gasteiger partial charge in [-0.25, -0.2) is 19.2 Å². The minimum absolute atomic E-state index is 0.0947. The van der Waals surface area contributed by atoms with Crippen LogP contribution < -0.4 is 37.9 Å². The fourth-order valence-corrected chi connectivity index (χ4v) is 8.89. The predicted molar refractivity (Wildman–Crippen MR) is 403 cm³/mol. The number of aryl methyl sites for hydroxylation is 1. The second-order valence-electron chi connectivity index (χ2n) is 21.9. The number of esters is 6. The molecule has 0 fully saturated rings. The van der Waals surface area contributed by atoms with Crippen LogP contribution in [0.2, 0.25) is 0 Å². The molecule has 0 N–H and O–H groups in total. The summed E-state index contributed by atoms with van der Waals surface area (Å²) in [5.74, 6) is -0.830. The van der Waals surface area contributed by atoms with Crippen molar-refractivity contribution in [3.05, 3.63) is 269 Å². The Bertz CT molecular complexity index is 4360. The fourth-order valence-electron chi connectivity index (χ4n) is 8.89. The lowest BCUT2D eigenvalue weighted by atomic mass is 10.1. The molecule has 8 rings (SSSR count). The van der Waals surface area contributed by atoms with E-state index in [0.29, 0.717) is 107 Å². The van der Waals surface area contributed by atoms with Gasteiger partial charge in [-0.2, -0.15) is 0 Å². The number of hydrogen-bond acceptors (Lipinski definition) is 24. The lowest BCUT2D eigenvalue weighted by molar-refractivity contribution is -0.139. The topological polar surface area (TPSA) is 316 Å². The van der Waals surface area contributed by atoms with Crippen LogP contribution in [0.15, 0.2) is 225 Å². The third-order valence-corrected chi connectivity index (χ3v) is 13.7. The smallest absolute Gasteiger partial charge is 0.331 e. The van der Waals surface area contributed by atoms with E-state index < -0.39 is 35.8 Å². The SMILES string of the molecule is CC(=O)Oc1ccc(/C=C/C(=O)OCCc2ccccc2)cc1OC(C)=O.O=CCOc1ccc(/C=C/C(=O)OC/C=C/c2ccccc2)cc1OCC=O.O=CCOc1ccc(/C=C/C(=O)OCCCc2ccccc2)cc1OCC=O.O=CCOc1ccc(/C=C/C(=O)OCc2ccccc2)cc1OCC=O. The van der Waals surface area contributed by atoms with Crippen molar-refractivity contribution in [2.45, 2.75) is 39.7 Å². The molecule has 0 saturated carbocycles. The Morgan fingerprint density at radius 3 is 1.00 bits per heavy atom. The summed E-state index contributed by atoms with van der Waals surface area (Å²) in [4.78, 5) is 132. The van der Waals surface area contributed by atoms with Crippen molar-refractivity contribution in [2.75, 3.05) is 59.5 Å². The van der Waals surface area contributed by atoms with Crippen LogP contribution in [0.5, 0.6) is 46.0 Å². The van der Waals surface area contributed by atoms with Crippen molar-refractivity contribution in [3.8, 4) is 46.0 Å². The molecule has 8 aromatic rings. The molecule has 0 unspecified atom stereocenters. The average Bonchev–Trinajstić information content (AvgIpc) is 0.868. The first-order chi connectivity index (χ1) is 53.1. The molecule has 109 heavy (non-hydrogen) atoms. The monoisotopic (exact) mass is 1480 g/mol. The standard InChI is InChI=1S/C22H22O6.C22H20O6.C21H20O6.C20H18O6/c2*23-12-15-26-20-10-8-19(17-21(20)27-16-13-24)9-11-22(25)28-14-4-7-18-5-2-1-3-6-18;1-15(22)26-19-10-8-18(14-20(19)27-16(2)23)9-11-21(24)25-13-12-17-6-4-3-5-7-17;21-10-12-24-18-8-6-16(14-19(18)25-13-11-22)7-9-20(23)26-15-17-4-2-1-3-5-17/h1-3,5-6,8-13,17H,4,7,14-16H2;1-13,17H,14-16H2;3-11,14H,12-13H2,1-2H3;1-11,14H,12-13,15H2/b11-9+;7-4+,11-9+;11-9+;9-7+. The summed E-state index contributed by atoms with van der Waals surface area (Å²) in [6.45, 7) is 2.62. The van der Waals surface area contributed by atoms with Crippen molar-refractivity contribution >= 4 is 104 Å². The van der Waals surface area contributed by atoms with Crippen LogP contribution in [0.3, 0.4) is 0 Å². The fraction of sp³-hybridized carbons (Fsp3) is 0.176. The molecule has 0 spiro atoms. The Hall–Kier alpha value is -13.9. The summed E-state index contributed by atoms with van der Waals surface area (Å²) in [7, 11) is 0. The number of benzene rings is 8. The van der Waals surface area contributed by atoms with E-state index in [1.54, 1.807) is 85.0 Å². The van der Waals surface area contributed by atoms with Crippen molar-refractivity contribution in [1.82, 2.24) is 0 Å². The normalized spacial score (nSPS) is 10.5. The first-order valence-corrected chi connectivity index (χ1v) is 33.7. The Kier molecular flexibility index (Phi) is 41.0. The van der Waals surface area contributed by atoms with Crippen molar-refractivity contribution in [1.29, 1.82) is 0 Å². The van der Waals surface area contributed by atoms with E-state index in [1.807, 2.05) is 127 Å². The average molecular weight is 1490 g/mol. The molecule has 24 heteroatoms. The molecular weight excluding hydrogens is 1400 g/mol. The van der Waals surface area contributed by atoms with Crippen LogP contribution in [0.4, 0.5) is 0 Å². The van der Waals surface area contributed by atoms with Gasteiger partial charge in [-0.1, -0.05) is 152 Å². The summed E-state index contributed by atoms with van der Waals surface area (Å²) in [6, 6.07) is 58.0. The van der Waals surface area contributed by atoms with Gasteiger partial charge in [0.1, 0.15) is 52.9 Å². The lowest BCUT2D eigenvalue weighted by Gasteiger charge is -2.10. The summed E-state index contributed by atoms with van der Waals surface area (Å²) in [5.41, 5.74) is 6.76. The molecule has 0 aliphatic carbocycles. The Morgan fingerprint density at radius 2 is 0.606 bits per heavy atom. The van der Waals surface area contributed by atoms with Crippen LogP contribution in [0, 0.1) is 0 Å². The number of carbonyl (C=O) groups excluding carboxylic acids is 12. The second-order valence-corrected chi connectivity index (χ2v) is 21.9. The van der Waals surface area contributed by atoms with E-state index in [4.69, 9.17) is 56.8 Å². The Balaban J connectivity index is 0.000000260. The molecule has 0 heterocycles. The number of ether oxygens (including phenoxy) is 12. The summed E-state index contributed by atoms with van der Waals surface area (Å²) < 4.78 is 62.2. The predicted octanol–water partition coefficient (Wildman–Crippen LogP) is 12.1. The van der Waals surface area contributed by atoms with Gasteiger partial charge < -0.3 is 56.8 Å². The van der Waals surface area contributed by atoms with E-state index in [9.17, 15) is 57.5 Å². The van der Waals surface area contributed by atoms with E-state index in [1.165, 1.54) is 61.9 Å². The number of hydrogen-bond donors (Lipinski definition) is 0. The Morgan fingerprint density at radius 1 is 0.284 bits per heavy atom. The largest absolute Gasteiger partial charge is 0.482 e. The molecule has 0 amide bonds. The molecule has 0 atom stereocenters. The van der Waals surface area contributed by atoms with Gasteiger partial charge in [0, 0.05) is 44.6 Å².